The Hall–Kier alpha value is -1.99. The van der Waals surface area contributed by atoms with Crippen LogP contribution in [-0.4, -0.2) is 33.8 Å². The van der Waals surface area contributed by atoms with Crippen LogP contribution in [0.15, 0.2) is 18.2 Å². The van der Waals surface area contributed by atoms with Gasteiger partial charge in [-0.15, -0.1) is 0 Å². The number of carbonyl (C=O) groups is 1. The molecular formula is C15H17ClFN5O. The van der Waals surface area contributed by atoms with Crippen molar-refractivity contribution in [2.45, 2.75) is 18.8 Å². The second-order valence-corrected chi connectivity index (χ2v) is 5.96. The number of hydrogen-bond acceptors (Lipinski definition) is 4. The number of benzene rings is 1. The van der Waals surface area contributed by atoms with Crippen molar-refractivity contribution < 1.29 is 9.18 Å². The van der Waals surface area contributed by atoms with Crippen LogP contribution in [0.5, 0.6) is 0 Å². The summed E-state index contributed by atoms with van der Waals surface area (Å²) in [4.78, 5) is 16.6. The Morgan fingerprint density at radius 1 is 1.43 bits per heavy atom. The lowest BCUT2D eigenvalue weighted by Crippen LogP contribution is -2.27. The molecule has 1 aromatic carbocycles. The van der Waals surface area contributed by atoms with E-state index >= 15 is 0 Å². The van der Waals surface area contributed by atoms with Gasteiger partial charge in [0.15, 0.2) is 5.82 Å². The van der Waals surface area contributed by atoms with Crippen LogP contribution in [0.1, 0.15) is 34.9 Å². The molecule has 3 rings (SSSR count). The number of nitrogens with zero attached hydrogens (tertiary/aromatic N) is 3. The Morgan fingerprint density at radius 3 is 2.91 bits per heavy atom. The Bertz CT molecular complexity index is 727. The highest BCUT2D eigenvalue weighted by atomic mass is 35.5. The van der Waals surface area contributed by atoms with E-state index in [-0.39, 0.29) is 11.5 Å². The molecule has 1 aromatic heterocycles. The molecule has 0 atom stereocenters. The molecule has 0 radical (unpaired) electrons. The summed E-state index contributed by atoms with van der Waals surface area (Å²) in [7, 11) is 1.70. The summed E-state index contributed by atoms with van der Waals surface area (Å²) in [6.07, 6.45) is 1.92. The first-order chi connectivity index (χ1) is 11.0. The van der Waals surface area contributed by atoms with E-state index in [9.17, 15) is 9.18 Å². The first kappa shape index (κ1) is 15.9. The van der Waals surface area contributed by atoms with Gasteiger partial charge in [0, 0.05) is 18.0 Å². The van der Waals surface area contributed by atoms with Gasteiger partial charge in [-0.25, -0.2) is 9.07 Å². The summed E-state index contributed by atoms with van der Waals surface area (Å²) in [5.41, 5.74) is -0.121. The topological polar surface area (TPSA) is 71.8 Å². The van der Waals surface area contributed by atoms with Crippen molar-refractivity contribution in [3.63, 3.8) is 0 Å². The zero-order chi connectivity index (χ0) is 16.4. The maximum atomic E-state index is 13.8. The van der Waals surface area contributed by atoms with Gasteiger partial charge in [0.1, 0.15) is 5.82 Å². The maximum absolute atomic E-state index is 13.8. The molecule has 122 valence electrons. The van der Waals surface area contributed by atoms with Crippen molar-refractivity contribution in [2.24, 2.45) is 7.05 Å². The Morgan fingerprint density at radius 2 is 2.17 bits per heavy atom. The van der Waals surface area contributed by atoms with Gasteiger partial charge in [-0.2, -0.15) is 10.1 Å². The van der Waals surface area contributed by atoms with Gasteiger partial charge in [-0.05, 0) is 44.1 Å². The van der Waals surface area contributed by atoms with Gasteiger partial charge in [-0.1, -0.05) is 11.6 Å². The number of anilines is 1. The maximum Gasteiger partial charge on any atom is 0.261 e. The van der Waals surface area contributed by atoms with Gasteiger partial charge in [0.25, 0.3) is 5.91 Å². The molecule has 0 spiro atoms. The monoisotopic (exact) mass is 337 g/mol. The third-order valence-electron chi connectivity index (χ3n) is 3.88. The first-order valence-corrected chi connectivity index (χ1v) is 7.80. The van der Waals surface area contributed by atoms with Crippen LogP contribution in [-0.2, 0) is 7.05 Å². The van der Waals surface area contributed by atoms with Gasteiger partial charge < -0.3 is 5.32 Å². The highest BCUT2D eigenvalue weighted by Crippen LogP contribution is 2.23. The fraction of sp³-hybridized carbons (Fsp3) is 0.400. The fourth-order valence-electron chi connectivity index (χ4n) is 2.61. The molecule has 1 fully saturated rings. The molecule has 1 aliphatic rings. The van der Waals surface area contributed by atoms with Crippen LogP contribution in [0.25, 0.3) is 0 Å². The van der Waals surface area contributed by atoms with Crippen LogP contribution < -0.4 is 10.6 Å². The molecule has 2 aromatic rings. The Kier molecular flexibility index (Phi) is 4.58. The van der Waals surface area contributed by atoms with E-state index in [1.807, 2.05) is 0 Å². The van der Waals surface area contributed by atoms with Gasteiger partial charge in [0.05, 0.1) is 5.56 Å². The summed E-state index contributed by atoms with van der Waals surface area (Å²) < 4.78 is 15.2. The quantitative estimate of drug-likeness (QED) is 0.901. The lowest BCUT2D eigenvalue weighted by molar-refractivity contribution is 0.102. The third kappa shape index (κ3) is 3.51. The van der Waals surface area contributed by atoms with Gasteiger partial charge in [0.2, 0.25) is 5.95 Å². The lowest BCUT2D eigenvalue weighted by Gasteiger charge is -2.19. The SMILES string of the molecule is Cn1nc(C2CCNCC2)nc1NC(=O)c1cc(Cl)ccc1F. The first-order valence-electron chi connectivity index (χ1n) is 7.42. The van der Waals surface area contributed by atoms with E-state index in [2.05, 4.69) is 20.7 Å². The minimum atomic E-state index is -0.632. The molecule has 0 unspecified atom stereocenters. The molecule has 0 saturated carbocycles. The fourth-order valence-corrected chi connectivity index (χ4v) is 2.78. The smallest absolute Gasteiger partial charge is 0.261 e. The molecule has 1 aliphatic heterocycles. The molecule has 6 nitrogen and oxygen atoms in total. The van der Waals surface area contributed by atoms with E-state index in [0.29, 0.717) is 16.8 Å². The number of aryl methyl sites for hydroxylation is 1. The van der Waals surface area contributed by atoms with Crippen LogP contribution >= 0.6 is 11.6 Å². The van der Waals surface area contributed by atoms with Crippen LogP contribution in [0, 0.1) is 5.82 Å². The van der Waals surface area contributed by atoms with E-state index in [1.165, 1.54) is 16.8 Å². The summed E-state index contributed by atoms with van der Waals surface area (Å²) in [6.45, 7) is 1.86. The average molecular weight is 338 g/mol. The largest absolute Gasteiger partial charge is 0.317 e. The van der Waals surface area contributed by atoms with Gasteiger partial charge in [-0.3, -0.25) is 10.1 Å². The predicted octanol–water partition coefficient (Wildman–Crippen LogP) is 2.33. The number of carbonyl (C=O) groups excluding carboxylic acids is 1. The molecule has 0 aliphatic carbocycles. The molecule has 23 heavy (non-hydrogen) atoms. The normalized spacial score (nSPS) is 15.6. The Balaban J connectivity index is 1.78. The van der Waals surface area contributed by atoms with Crippen LogP contribution in [0.3, 0.4) is 0 Å². The molecule has 2 heterocycles. The van der Waals surface area contributed by atoms with Crippen molar-refractivity contribution in [3.8, 4) is 0 Å². The standard InChI is InChI=1S/C15H17ClFN5O/c1-22-15(19-13(21-22)9-4-6-18-7-5-9)20-14(23)11-8-10(16)2-3-12(11)17/h2-3,8-9,18H,4-7H2,1H3,(H,19,20,21,23). The number of amides is 1. The van der Waals surface area contributed by atoms with E-state index in [4.69, 9.17) is 11.6 Å². The summed E-state index contributed by atoms with van der Waals surface area (Å²) in [5.74, 6) is 0.0415. The van der Waals surface area contributed by atoms with Crippen molar-refractivity contribution in [2.75, 3.05) is 18.4 Å². The minimum absolute atomic E-state index is 0.121. The third-order valence-corrected chi connectivity index (χ3v) is 4.12. The number of aromatic nitrogens is 3. The zero-order valence-electron chi connectivity index (χ0n) is 12.6. The number of nitrogens with one attached hydrogen (secondary N) is 2. The van der Waals surface area contributed by atoms with E-state index < -0.39 is 11.7 Å². The Labute approximate surface area is 138 Å². The van der Waals surface area contributed by atoms with E-state index in [0.717, 1.165) is 32.0 Å². The second-order valence-electron chi connectivity index (χ2n) is 5.52. The van der Waals surface area contributed by atoms with Crippen molar-refractivity contribution in [3.05, 3.63) is 40.4 Å². The van der Waals surface area contributed by atoms with Crippen LogP contribution in [0.4, 0.5) is 10.3 Å². The number of rotatable bonds is 3. The second kappa shape index (κ2) is 6.64. The summed E-state index contributed by atoms with van der Waals surface area (Å²) >= 11 is 5.82. The van der Waals surface area contributed by atoms with Crippen LogP contribution in [0.2, 0.25) is 5.02 Å². The molecule has 2 N–H and O–H groups in total. The molecule has 8 heteroatoms. The highest BCUT2D eigenvalue weighted by Gasteiger charge is 2.22. The summed E-state index contributed by atoms with van der Waals surface area (Å²) in [5, 5.41) is 10.5. The van der Waals surface area contributed by atoms with Gasteiger partial charge >= 0.3 is 0 Å². The van der Waals surface area contributed by atoms with Crippen molar-refractivity contribution in [1.82, 2.24) is 20.1 Å². The van der Waals surface area contributed by atoms with Crippen molar-refractivity contribution in [1.29, 1.82) is 0 Å². The number of hydrogen-bond donors (Lipinski definition) is 2. The molecule has 0 bridgehead atoms. The number of piperidine rings is 1. The van der Waals surface area contributed by atoms with Crippen molar-refractivity contribution >= 4 is 23.5 Å². The highest BCUT2D eigenvalue weighted by molar-refractivity contribution is 6.31. The lowest BCUT2D eigenvalue weighted by atomic mass is 9.98. The molecule has 1 amide bonds. The molecule has 1 saturated heterocycles. The average Bonchev–Trinajstić information content (AvgIpc) is 2.91. The predicted molar refractivity (Wildman–Crippen MR) is 85.2 cm³/mol. The summed E-state index contributed by atoms with van der Waals surface area (Å²) in [6, 6.07) is 3.84. The van der Waals surface area contributed by atoms with E-state index in [1.54, 1.807) is 7.05 Å². The zero-order valence-corrected chi connectivity index (χ0v) is 13.4. The number of halogens is 2. The minimum Gasteiger partial charge on any atom is -0.317 e. The molecular weight excluding hydrogens is 321 g/mol.